The van der Waals surface area contributed by atoms with Crippen molar-refractivity contribution in [1.29, 1.82) is 0 Å². The number of aromatic nitrogens is 2. The maximum atomic E-state index is 12.9. The first-order valence-corrected chi connectivity index (χ1v) is 9.57. The van der Waals surface area contributed by atoms with E-state index in [-0.39, 0.29) is 23.8 Å². The second kappa shape index (κ2) is 8.50. The van der Waals surface area contributed by atoms with Gasteiger partial charge in [0.15, 0.2) is 12.4 Å². The third-order valence-electron chi connectivity index (χ3n) is 4.28. The average Bonchev–Trinajstić information content (AvgIpc) is 2.99. The quantitative estimate of drug-likeness (QED) is 0.514. The second-order valence-corrected chi connectivity index (χ2v) is 7.61. The van der Waals surface area contributed by atoms with Gasteiger partial charge in [-0.15, -0.1) is 11.3 Å². The monoisotopic (exact) mass is 419 g/mol. The zero-order valence-corrected chi connectivity index (χ0v) is 16.9. The number of anilines is 1. The van der Waals surface area contributed by atoms with E-state index in [0.717, 1.165) is 16.2 Å². The van der Waals surface area contributed by atoms with Gasteiger partial charge in [-0.3, -0.25) is 9.59 Å². The molecule has 1 unspecified atom stereocenters. The number of nitrogens with one attached hydrogen (secondary N) is 3. The lowest BCUT2D eigenvalue weighted by Crippen LogP contribution is -3.08. The third-order valence-corrected chi connectivity index (χ3v) is 5.45. The Kier molecular flexibility index (Phi) is 6.04. The van der Waals surface area contributed by atoms with E-state index in [9.17, 15) is 18.8 Å². The van der Waals surface area contributed by atoms with E-state index < -0.39 is 5.97 Å². The normalized spacial score (nSPS) is 12.0. The van der Waals surface area contributed by atoms with Crippen LogP contribution in [-0.2, 0) is 16.1 Å². The van der Waals surface area contributed by atoms with Crippen LogP contribution in [0.15, 0.2) is 29.1 Å². The number of hydrogen-bond donors (Lipinski definition) is 3. The van der Waals surface area contributed by atoms with Gasteiger partial charge < -0.3 is 19.9 Å². The van der Waals surface area contributed by atoms with Gasteiger partial charge in [-0.25, -0.2) is 14.2 Å². The Morgan fingerprint density at radius 1 is 1.31 bits per heavy atom. The minimum Gasteiger partial charge on any atom is -0.465 e. The van der Waals surface area contributed by atoms with Crippen LogP contribution < -0.4 is 15.8 Å². The van der Waals surface area contributed by atoms with Gasteiger partial charge >= 0.3 is 5.97 Å². The highest BCUT2D eigenvalue weighted by Crippen LogP contribution is 2.27. The van der Waals surface area contributed by atoms with Crippen molar-refractivity contribution in [2.75, 3.05) is 26.0 Å². The zero-order valence-electron chi connectivity index (χ0n) is 16.1. The van der Waals surface area contributed by atoms with Gasteiger partial charge in [0.25, 0.3) is 11.5 Å². The fraction of sp³-hybridized carbons (Fsp3) is 0.263. The van der Waals surface area contributed by atoms with Crippen molar-refractivity contribution in [3.63, 3.8) is 0 Å². The molecule has 3 N–H and O–H groups in total. The molecule has 152 valence electrons. The minimum absolute atomic E-state index is 0.121. The fourth-order valence-corrected chi connectivity index (χ4v) is 4.04. The lowest BCUT2D eigenvalue weighted by atomic mass is 10.2. The molecule has 3 aromatic rings. The highest BCUT2D eigenvalue weighted by atomic mass is 32.1. The van der Waals surface area contributed by atoms with E-state index in [1.165, 1.54) is 31.4 Å². The second-order valence-electron chi connectivity index (χ2n) is 6.61. The van der Waals surface area contributed by atoms with Crippen molar-refractivity contribution in [1.82, 2.24) is 9.97 Å². The number of carbonyl (C=O) groups excluding carboxylic acids is 2. The molecule has 0 aliphatic carbocycles. The van der Waals surface area contributed by atoms with Crippen molar-refractivity contribution in [2.24, 2.45) is 0 Å². The molecule has 0 bridgehead atoms. The Morgan fingerprint density at radius 3 is 2.66 bits per heavy atom. The number of quaternary nitrogens is 1. The van der Waals surface area contributed by atoms with Crippen molar-refractivity contribution < 1.29 is 23.6 Å². The Hall–Kier alpha value is -3.11. The molecule has 0 radical (unpaired) electrons. The number of methoxy groups -OCH3 is 1. The Morgan fingerprint density at radius 2 is 2.00 bits per heavy atom. The maximum absolute atomic E-state index is 12.9. The molecule has 0 saturated carbocycles. The molecule has 1 atom stereocenters. The Bertz CT molecular complexity index is 1120. The number of carbonyl (C=O) groups is 2. The number of amides is 1. The number of hydrogen-bond acceptors (Lipinski definition) is 6. The van der Waals surface area contributed by atoms with Gasteiger partial charge in [0.1, 0.15) is 22.1 Å². The summed E-state index contributed by atoms with van der Waals surface area (Å²) < 4.78 is 17.7. The number of aromatic amines is 1. The molecule has 0 aliphatic rings. The summed E-state index contributed by atoms with van der Waals surface area (Å²) in [7, 11) is 3.07. The van der Waals surface area contributed by atoms with Crippen LogP contribution in [0.25, 0.3) is 10.2 Å². The van der Waals surface area contributed by atoms with Crippen LogP contribution in [0.1, 0.15) is 21.1 Å². The smallest absolute Gasteiger partial charge is 0.348 e. The van der Waals surface area contributed by atoms with E-state index in [1.54, 1.807) is 14.0 Å². The fourth-order valence-electron chi connectivity index (χ4n) is 2.92. The first kappa shape index (κ1) is 20.6. The number of fused-ring (bicyclic) bond motifs is 1. The standard InChI is InChI=1S/C19H19FN4O4S/c1-10-15-17(26)22-13(23-18(15)29-16(10)19(27)28-3)8-24(2)9-14(25)21-12-6-4-11(20)5-7-12/h4-7H,8-9H2,1-3H3,(H,21,25)(H,22,23,26)/p+1. The van der Waals surface area contributed by atoms with Crippen molar-refractivity contribution in [2.45, 2.75) is 13.5 Å². The van der Waals surface area contributed by atoms with Gasteiger partial charge in [-0.2, -0.15) is 0 Å². The minimum atomic E-state index is -0.508. The summed E-state index contributed by atoms with van der Waals surface area (Å²) in [4.78, 5) is 45.2. The molecule has 0 aliphatic heterocycles. The average molecular weight is 419 g/mol. The molecule has 10 heteroatoms. The Labute approximate surface area is 169 Å². The van der Waals surface area contributed by atoms with Gasteiger partial charge in [-0.05, 0) is 36.8 Å². The summed E-state index contributed by atoms with van der Waals surface area (Å²) in [6.07, 6.45) is 0. The molecule has 1 amide bonds. The van der Waals surface area contributed by atoms with Crippen LogP contribution >= 0.6 is 11.3 Å². The lowest BCUT2D eigenvalue weighted by molar-refractivity contribution is -0.885. The molecule has 0 fully saturated rings. The van der Waals surface area contributed by atoms with Crippen LogP contribution in [0.2, 0.25) is 0 Å². The molecule has 1 aromatic carbocycles. The van der Waals surface area contributed by atoms with Crippen molar-refractivity contribution in [3.05, 3.63) is 56.7 Å². The first-order chi connectivity index (χ1) is 13.8. The number of halogens is 1. The number of aryl methyl sites for hydroxylation is 1. The number of rotatable bonds is 6. The molecule has 0 saturated heterocycles. The first-order valence-electron chi connectivity index (χ1n) is 8.75. The number of esters is 1. The highest BCUT2D eigenvalue weighted by Gasteiger charge is 2.21. The van der Waals surface area contributed by atoms with Gasteiger partial charge in [-0.1, -0.05) is 0 Å². The predicted octanol–water partition coefficient (Wildman–Crippen LogP) is 0.872. The van der Waals surface area contributed by atoms with Crippen molar-refractivity contribution in [3.8, 4) is 0 Å². The Balaban J connectivity index is 1.72. The van der Waals surface area contributed by atoms with E-state index in [0.29, 0.717) is 38.7 Å². The van der Waals surface area contributed by atoms with Crippen LogP contribution in [0.5, 0.6) is 0 Å². The molecule has 2 heterocycles. The number of likely N-dealkylation sites (N-methyl/N-ethyl adjacent to an activating group) is 1. The van der Waals surface area contributed by atoms with Crippen LogP contribution in [0.3, 0.4) is 0 Å². The molecular weight excluding hydrogens is 399 g/mol. The summed E-state index contributed by atoms with van der Waals surface area (Å²) >= 11 is 1.10. The van der Waals surface area contributed by atoms with E-state index >= 15 is 0 Å². The largest absolute Gasteiger partial charge is 0.465 e. The number of nitrogens with zero attached hydrogens (tertiary/aromatic N) is 1. The molecule has 0 spiro atoms. The summed E-state index contributed by atoms with van der Waals surface area (Å²) in [5.74, 6) is -0.730. The molecule has 3 rings (SSSR count). The van der Waals surface area contributed by atoms with E-state index in [1.807, 2.05) is 0 Å². The number of thiophene rings is 1. The predicted molar refractivity (Wildman–Crippen MR) is 107 cm³/mol. The van der Waals surface area contributed by atoms with Crippen LogP contribution in [0.4, 0.5) is 10.1 Å². The topological polar surface area (TPSA) is 106 Å². The summed E-state index contributed by atoms with van der Waals surface area (Å²) in [5.41, 5.74) is 0.704. The summed E-state index contributed by atoms with van der Waals surface area (Å²) in [5, 5.41) is 3.05. The SMILES string of the molecule is COC(=O)c1sc2nc(C[NH+](C)CC(=O)Nc3ccc(F)cc3)[nH]c(=O)c2c1C. The molecule has 2 aromatic heterocycles. The van der Waals surface area contributed by atoms with Gasteiger partial charge in [0, 0.05) is 5.69 Å². The van der Waals surface area contributed by atoms with E-state index in [2.05, 4.69) is 15.3 Å². The number of benzene rings is 1. The molecular formula is C19H20FN4O4S+. The lowest BCUT2D eigenvalue weighted by Gasteiger charge is -2.13. The summed E-state index contributed by atoms with van der Waals surface area (Å²) in [6, 6.07) is 5.49. The van der Waals surface area contributed by atoms with Gasteiger partial charge in [0.05, 0.1) is 19.5 Å². The van der Waals surface area contributed by atoms with Crippen LogP contribution in [0, 0.1) is 12.7 Å². The third kappa shape index (κ3) is 4.66. The summed E-state index contributed by atoms with van der Waals surface area (Å²) in [6.45, 7) is 2.10. The number of ether oxygens (including phenoxy) is 1. The van der Waals surface area contributed by atoms with Crippen LogP contribution in [-0.4, -0.2) is 42.5 Å². The van der Waals surface area contributed by atoms with Crippen molar-refractivity contribution >= 4 is 39.1 Å². The molecule has 8 nitrogen and oxygen atoms in total. The van der Waals surface area contributed by atoms with E-state index in [4.69, 9.17) is 4.74 Å². The highest BCUT2D eigenvalue weighted by molar-refractivity contribution is 7.20. The van der Waals surface area contributed by atoms with Gasteiger partial charge in [0.2, 0.25) is 0 Å². The zero-order chi connectivity index (χ0) is 21.1. The number of H-pyrrole nitrogens is 1. The maximum Gasteiger partial charge on any atom is 0.348 e. The molecule has 29 heavy (non-hydrogen) atoms.